The van der Waals surface area contributed by atoms with Crippen molar-refractivity contribution in [3.05, 3.63) is 76.1 Å². The molecular formula is C27H25F3N2O4. The molecule has 0 unspecified atom stereocenters. The summed E-state index contributed by atoms with van der Waals surface area (Å²) in [4.78, 5) is 27.0. The number of hydrogen-bond donors (Lipinski definition) is 2. The van der Waals surface area contributed by atoms with E-state index in [9.17, 15) is 22.8 Å². The van der Waals surface area contributed by atoms with Gasteiger partial charge in [-0.1, -0.05) is 32.0 Å². The van der Waals surface area contributed by atoms with Crippen LogP contribution in [0.2, 0.25) is 0 Å². The number of dihydropyridines is 1. The van der Waals surface area contributed by atoms with Gasteiger partial charge in [0, 0.05) is 34.9 Å². The number of hydrogen-bond acceptors (Lipinski definition) is 5. The average Bonchev–Trinajstić information content (AvgIpc) is 3.24. The van der Waals surface area contributed by atoms with Gasteiger partial charge in [0.25, 0.3) is 5.91 Å². The lowest BCUT2D eigenvalue weighted by molar-refractivity contribution is -0.137. The summed E-state index contributed by atoms with van der Waals surface area (Å²) in [5.74, 6) is -0.578. The second-order valence-corrected chi connectivity index (χ2v) is 10.0. The first-order valence-corrected chi connectivity index (χ1v) is 11.6. The molecule has 0 spiro atoms. The topological polar surface area (TPSA) is 76.7 Å². The summed E-state index contributed by atoms with van der Waals surface area (Å²) in [5, 5.41) is 5.67. The van der Waals surface area contributed by atoms with Crippen molar-refractivity contribution in [2.75, 3.05) is 12.1 Å². The number of carbonyl (C=O) groups excluding carboxylic acids is 2. The van der Waals surface area contributed by atoms with Crippen molar-refractivity contribution in [2.45, 2.75) is 45.7 Å². The van der Waals surface area contributed by atoms with Gasteiger partial charge in [0.15, 0.2) is 17.3 Å². The van der Waals surface area contributed by atoms with E-state index >= 15 is 0 Å². The van der Waals surface area contributed by atoms with Crippen molar-refractivity contribution < 1.29 is 32.2 Å². The van der Waals surface area contributed by atoms with E-state index in [2.05, 4.69) is 10.6 Å². The molecule has 36 heavy (non-hydrogen) atoms. The van der Waals surface area contributed by atoms with Crippen LogP contribution in [0.1, 0.15) is 50.7 Å². The average molecular weight is 499 g/mol. The van der Waals surface area contributed by atoms with Gasteiger partial charge in [0.1, 0.15) is 0 Å². The van der Waals surface area contributed by atoms with E-state index in [1.54, 1.807) is 25.1 Å². The van der Waals surface area contributed by atoms with Crippen LogP contribution < -0.4 is 20.1 Å². The van der Waals surface area contributed by atoms with Crippen molar-refractivity contribution >= 4 is 17.4 Å². The number of amides is 1. The van der Waals surface area contributed by atoms with Gasteiger partial charge in [-0.25, -0.2) is 0 Å². The van der Waals surface area contributed by atoms with E-state index in [1.807, 2.05) is 13.8 Å². The molecule has 5 rings (SSSR count). The normalized spacial score (nSPS) is 20.7. The fraction of sp³-hybridized carbons (Fsp3) is 0.333. The van der Waals surface area contributed by atoms with Crippen LogP contribution in [0.25, 0.3) is 0 Å². The molecule has 2 heterocycles. The Morgan fingerprint density at radius 2 is 1.81 bits per heavy atom. The third kappa shape index (κ3) is 4.23. The molecule has 1 atom stereocenters. The van der Waals surface area contributed by atoms with E-state index in [0.29, 0.717) is 41.2 Å². The van der Waals surface area contributed by atoms with E-state index in [0.717, 1.165) is 11.8 Å². The Morgan fingerprint density at radius 1 is 1.08 bits per heavy atom. The highest BCUT2D eigenvalue weighted by atomic mass is 19.4. The number of ether oxygens (including phenoxy) is 2. The number of ketones is 1. The third-order valence-corrected chi connectivity index (χ3v) is 6.69. The van der Waals surface area contributed by atoms with Gasteiger partial charge in [-0.15, -0.1) is 0 Å². The molecule has 0 radical (unpaired) electrons. The molecule has 2 N–H and O–H groups in total. The summed E-state index contributed by atoms with van der Waals surface area (Å²) >= 11 is 0. The molecule has 0 aromatic heterocycles. The fourth-order valence-electron chi connectivity index (χ4n) is 5.19. The minimum absolute atomic E-state index is 0.0580. The van der Waals surface area contributed by atoms with Gasteiger partial charge in [-0.2, -0.15) is 13.2 Å². The number of fused-ring (bicyclic) bond motifs is 1. The molecule has 6 nitrogen and oxygen atoms in total. The molecule has 0 saturated carbocycles. The lowest BCUT2D eigenvalue weighted by Crippen LogP contribution is -2.39. The van der Waals surface area contributed by atoms with Gasteiger partial charge in [0.05, 0.1) is 11.3 Å². The Labute approximate surface area is 206 Å². The zero-order chi connectivity index (χ0) is 25.8. The highest BCUT2D eigenvalue weighted by Gasteiger charge is 2.43. The molecule has 0 fully saturated rings. The first kappa shape index (κ1) is 24.0. The molecule has 1 amide bonds. The van der Waals surface area contributed by atoms with E-state index in [1.165, 1.54) is 18.2 Å². The molecule has 2 aliphatic heterocycles. The number of alkyl halides is 3. The number of allylic oxidation sites excluding steroid dienone is 3. The quantitative estimate of drug-likeness (QED) is 0.570. The van der Waals surface area contributed by atoms with Crippen LogP contribution in [0.3, 0.4) is 0 Å². The molecule has 0 saturated heterocycles. The largest absolute Gasteiger partial charge is 0.454 e. The molecule has 3 aliphatic rings. The maximum Gasteiger partial charge on any atom is 0.418 e. The molecular weight excluding hydrogens is 473 g/mol. The molecule has 1 aliphatic carbocycles. The maximum absolute atomic E-state index is 13.6. The second-order valence-electron chi connectivity index (χ2n) is 10.0. The van der Waals surface area contributed by atoms with Crippen molar-refractivity contribution in [1.82, 2.24) is 5.32 Å². The van der Waals surface area contributed by atoms with E-state index in [-0.39, 0.29) is 29.3 Å². The first-order valence-electron chi connectivity index (χ1n) is 11.6. The molecule has 188 valence electrons. The van der Waals surface area contributed by atoms with Crippen LogP contribution in [-0.2, 0) is 15.8 Å². The highest BCUT2D eigenvalue weighted by Crippen LogP contribution is 2.48. The highest BCUT2D eigenvalue weighted by molar-refractivity contribution is 6.10. The van der Waals surface area contributed by atoms with Crippen LogP contribution in [0.15, 0.2) is 65.0 Å². The number of Topliss-reactive ketones (excluding diaryl/α,β-unsaturated/α-hetero) is 1. The number of carbonyl (C=O) groups is 2. The van der Waals surface area contributed by atoms with E-state index < -0.39 is 23.6 Å². The molecule has 2 aromatic rings. The van der Waals surface area contributed by atoms with Gasteiger partial charge in [0.2, 0.25) is 6.79 Å². The number of para-hydroxylation sites is 1. The summed E-state index contributed by atoms with van der Waals surface area (Å²) in [5.41, 5.74) is 0.882. The van der Waals surface area contributed by atoms with Crippen LogP contribution >= 0.6 is 0 Å². The Hall–Kier alpha value is -3.75. The molecule has 9 heteroatoms. The third-order valence-electron chi connectivity index (χ3n) is 6.69. The summed E-state index contributed by atoms with van der Waals surface area (Å²) in [6.07, 6.45) is -3.76. The zero-order valence-electron chi connectivity index (χ0n) is 20.0. The molecule has 0 bridgehead atoms. The van der Waals surface area contributed by atoms with Gasteiger partial charge < -0.3 is 20.1 Å². The molecule has 2 aromatic carbocycles. The summed E-state index contributed by atoms with van der Waals surface area (Å²) in [6, 6.07) is 10.0. The maximum atomic E-state index is 13.6. The van der Waals surface area contributed by atoms with E-state index in [4.69, 9.17) is 9.47 Å². The minimum atomic E-state index is -4.64. The summed E-state index contributed by atoms with van der Waals surface area (Å²) < 4.78 is 51.7. The van der Waals surface area contributed by atoms with Gasteiger partial charge in [-0.05, 0) is 48.6 Å². The number of anilines is 1. The smallest absolute Gasteiger partial charge is 0.418 e. The van der Waals surface area contributed by atoms with Crippen molar-refractivity contribution in [1.29, 1.82) is 0 Å². The number of benzene rings is 2. The fourth-order valence-corrected chi connectivity index (χ4v) is 5.19. The lowest BCUT2D eigenvalue weighted by Gasteiger charge is -2.39. The standard InChI is InChI=1S/C27H25F3N2O4/c1-14-22(25(34)32-17-7-5-4-6-16(17)27(28,29)30)23(15-8-9-20-21(10-15)36-13-35-20)24-18(31-14)11-26(2,3)12-19(24)33/h4-10,23,31H,11-13H2,1-3H3,(H,32,34)/t23-/m0/s1. The number of rotatable bonds is 3. The minimum Gasteiger partial charge on any atom is -0.454 e. The Bertz CT molecular complexity index is 1340. The van der Waals surface area contributed by atoms with Crippen molar-refractivity contribution in [3.8, 4) is 11.5 Å². The summed E-state index contributed by atoms with van der Waals surface area (Å²) in [6.45, 7) is 5.76. The van der Waals surface area contributed by atoms with Crippen molar-refractivity contribution in [2.24, 2.45) is 5.41 Å². The van der Waals surface area contributed by atoms with Crippen LogP contribution in [-0.4, -0.2) is 18.5 Å². The van der Waals surface area contributed by atoms with Gasteiger partial charge in [-0.3, -0.25) is 9.59 Å². The predicted molar refractivity (Wildman–Crippen MR) is 126 cm³/mol. The monoisotopic (exact) mass is 498 g/mol. The van der Waals surface area contributed by atoms with Crippen LogP contribution in [0.4, 0.5) is 18.9 Å². The van der Waals surface area contributed by atoms with Gasteiger partial charge >= 0.3 is 6.18 Å². The lowest BCUT2D eigenvalue weighted by atomic mass is 9.68. The SMILES string of the molecule is CC1=C(C(=O)Nc2ccccc2C(F)(F)F)[C@H](c2ccc3c(c2)OCO3)C2=C(CC(C)(C)CC2=O)N1. The Morgan fingerprint density at radius 3 is 2.56 bits per heavy atom. The first-order chi connectivity index (χ1) is 16.9. The van der Waals surface area contributed by atoms with Crippen LogP contribution in [0.5, 0.6) is 11.5 Å². The zero-order valence-corrected chi connectivity index (χ0v) is 20.0. The number of nitrogens with one attached hydrogen (secondary N) is 2. The number of halogens is 3. The van der Waals surface area contributed by atoms with Crippen LogP contribution in [0, 0.1) is 5.41 Å². The Balaban J connectivity index is 1.61. The predicted octanol–water partition coefficient (Wildman–Crippen LogP) is 5.68. The second kappa shape index (κ2) is 8.43. The summed E-state index contributed by atoms with van der Waals surface area (Å²) in [7, 11) is 0. The van der Waals surface area contributed by atoms with Crippen molar-refractivity contribution in [3.63, 3.8) is 0 Å². The Kier molecular flexibility index (Phi) is 5.61.